The Morgan fingerprint density at radius 3 is 2.08 bits per heavy atom. The van der Waals surface area contributed by atoms with E-state index in [9.17, 15) is 14.4 Å². The fraction of sp³-hybridized carbons (Fsp3) is 0.500. The molecule has 0 N–H and O–H groups in total. The molecule has 128 valence electrons. The van der Waals surface area contributed by atoms with Crippen molar-refractivity contribution >= 4 is 29.2 Å². The minimum atomic E-state index is -0.0532. The van der Waals surface area contributed by atoms with Gasteiger partial charge < -0.3 is 9.80 Å². The molecule has 24 heavy (non-hydrogen) atoms. The molecule has 1 heterocycles. The molecule has 0 atom stereocenters. The highest BCUT2D eigenvalue weighted by Crippen LogP contribution is 2.31. The summed E-state index contributed by atoms with van der Waals surface area (Å²) >= 11 is 5.80. The minimum absolute atomic E-state index is 0.0177. The fourth-order valence-corrected chi connectivity index (χ4v) is 3.05. The first-order valence-electron chi connectivity index (χ1n) is 8.40. The van der Waals surface area contributed by atoms with Crippen molar-refractivity contribution in [1.82, 2.24) is 9.80 Å². The average Bonchev–Trinajstić information content (AvgIpc) is 3.44. The Hall–Kier alpha value is -1.88. The van der Waals surface area contributed by atoms with Gasteiger partial charge in [0, 0.05) is 55.5 Å². The highest BCUT2D eigenvalue weighted by molar-refractivity contribution is 6.30. The van der Waals surface area contributed by atoms with E-state index in [0.717, 1.165) is 12.8 Å². The van der Waals surface area contributed by atoms with Crippen LogP contribution in [-0.4, -0.2) is 53.6 Å². The number of nitrogens with zero attached hydrogens (tertiary/aromatic N) is 2. The number of halogens is 1. The highest BCUT2D eigenvalue weighted by Gasteiger charge is 2.35. The summed E-state index contributed by atoms with van der Waals surface area (Å²) in [4.78, 5) is 40.0. The summed E-state index contributed by atoms with van der Waals surface area (Å²) in [5.74, 6) is 0.391. The minimum Gasteiger partial charge on any atom is -0.339 e. The second kappa shape index (κ2) is 7.34. The molecule has 0 spiro atoms. The topological polar surface area (TPSA) is 57.7 Å². The highest BCUT2D eigenvalue weighted by atomic mass is 35.5. The smallest absolute Gasteiger partial charge is 0.225 e. The number of hydrogen-bond donors (Lipinski definition) is 0. The summed E-state index contributed by atoms with van der Waals surface area (Å²) in [5.41, 5.74) is 0.576. The van der Waals surface area contributed by atoms with Crippen LogP contribution in [0.15, 0.2) is 24.3 Å². The van der Waals surface area contributed by atoms with Gasteiger partial charge in [-0.2, -0.15) is 0 Å². The normalized spacial score (nSPS) is 17.7. The van der Waals surface area contributed by atoms with Crippen LogP contribution in [-0.2, 0) is 9.59 Å². The van der Waals surface area contributed by atoms with Gasteiger partial charge in [-0.1, -0.05) is 11.6 Å². The van der Waals surface area contributed by atoms with Crippen LogP contribution < -0.4 is 0 Å². The molecule has 2 amide bonds. The van der Waals surface area contributed by atoms with Crippen LogP contribution in [0, 0.1) is 5.92 Å². The fourth-order valence-electron chi connectivity index (χ4n) is 2.92. The molecule has 0 bridgehead atoms. The van der Waals surface area contributed by atoms with Crippen molar-refractivity contribution in [1.29, 1.82) is 0 Å². The van der Waals surface area contributed by atoms with Crippen LogP contribution in [0.1, 0.15) is 36.0 Å². The molecule has 1 saturated heterocycles. The number of piperazine rings is 1. The molecule has 1 saturated carbocycles. The largest absolute Gasteiger partial charge is 0.339 e. The summed E-state index contributed by atoms with van der Waals surface area (Å²) in [6.45, 7) is 2.33. The van der Waals surface area contributed by atoms with Crippen molar-refractivity contribution in [3.05, 3.63) is 34.9 Å². The predicted molar refractivity (Wildman–Crippen MR) is 90.9 cm³/mol. The Labute approximate surface area is 146 Å². The average molecular weight is 349 g/mol. The number of ketones is 1. The molecular weight excluding hydrogens is 328 g/mol. The van der Waals surface area contributed by atoms with E-state index in [-0.39, 0.29) is 36.4 Å². The first kappa shape index (κ1) is 17.0. The molecule has 5 nitrogen and oxygen atoms in total. The summed E-state index contributed by atoms with van der Waals surface area (Å²) in [5, 5.41) is 0.584. The maximum atomic E-state index is 12.3. The van der Waals surface area contributed by atoms with E-state index in [4.69, 9.17) is 11.6 Å². The standard InChI is InChI=1S/C18H21ClN2O3/c19-15-5-3-13(4-6-15)16(22)7-8-17(23)20-9-11-21(12-10-20)18(24)14-1-2-14/h3-6,14H,1-2,7-12H2. The zero-order chi connectivity index (χ0) is 17.1. The molecule has 0 radical (unpaired) electrons. The van der Waals surface area contributed by atoms with Crippen LogP contribution in [0.5, 0.6) is 0 Å². The van der Waals surface area contributed by atoms with E-state index in [2.05, 4.69) is 0 Å². The SMILES string of the molecule is O=C(CCC(=O)N1CCN(C(=O)C2CC2)CC1)c1ccc(Cl)cc1. The van der Waals surface area contributed by atoms with Gasteiger partial charge in [0.2, 0.25) is 11.8 Å². The molecule has 2 aliphatic rings. The van der Waals surface area contributed by atoms with E-state index >= 15 is 0 Å². The number of carbonyl (C=O) groups excluding carboxylic acids is 3. The molecule has 1 aliphatic heterocycles. The van der Waals surface area contributed by atoms with Crippen molar-refractivity contribution in [2.45, 2.75) is 25.7 Å². The molecule has 3 rings (SSSR count). The lowest BCUT2D eigenvalue weighted by Crippen LogP contribution is -2.51. The van der Waals surface area contributed by atoms with E-state index in [0.29, 0.717) is 36.8 Å². The van der Waals surface area contributed by atoms with E-state index in [1.54, 1.807) is 29.2 Å². The Balaban J connectivity index is 1.43. The van der Waals surface area contributed by atoms with E-state index in [1.807, 2.05) is 4.90 Å². The second-order valence-electron chi connectivity index (χ2n) is 6.41. The van der Waals surface area contributed by atoms with Gasteiger partial charge in [-0.25, -0.2) is 0 Å². The Morgan fingerprint density at radius 1 is 0.917 bits per heavy atom. The number of carbonyl (C=O) groups is 3. The summed E-state index contributed by atoms with van der Waals surface area (Å²) < 4.78 is 0. The molecule has 0 unspecified atom stereocenters. The number of Topliss-reactive ketones (excluding diaryl/α,β-unsaturated/α-hetero) is 1. The lowest BCUT2D eigenvalue weighted by Gasteiger charge is -2.35. The van der Waals surface area contributed by atoms with Crippen molar-refractivity contribution in [3.8, 4) is 0 Å². The predicted octanol–water partition coefficient (Wildman–Crippen LogP) is 2.38. The third-order valence-electron chi connectivity index (χ3n) is 4.60. The molecule has 0 aromatic heterocycles. The maximum absolute atomic E-state index is 12.3. The van der Waals surface area contributed by atoms with Gasteiger partial charge in [0.15, 0.2) is 5.78 Å². The van der Waals surface area contributed by atoms with Crippen LogP contribution >= 0.6 is 11.6 Å². The van der Waals surface area contributed by atoms with Gasteiger partial charge in [-0.15, -0.1) is 0 Å². The van der Waals surface area contributed by atoms with Gasteiger partial charge >= 0.3 is 0 Å². The zero-order valence-electron chi connectivity index (χ0n) is 13.5. The lowest BCUT2D eigenvalue weighted by molar-refractivity contribution is -0.140. The van der Waals surface area contributed by atoms with E-state index in [1.165, 1.54) is 0 Å². The van der Waals surface area contributed by atoms with Crippen molar-refractivity contribution in [2.75, 3.05) is 26.2 Å². The van der Waals surface area contributed by atoms with Gasteiger partial charge in [-0.3, -0.25) is 14.4 Å². The van der Waals surface area contributed by atoms with Gasteiger partial charge in [0.1, 0.15) is 0 Å². The monoisotopic (exact) mass is 348 g/mol. The molecule has 6 heteroatoms. The van der Waals surface area contributed by atoms with Crippen LogP contribution in [0.4, 0.5) is 0 Å². The summed E-state index contributed by atoms with van der Waals surface area (Å²) in [7, 11) is 0. The van der Waals surface area contributed by atoms with Crippen molar-refractivity contribution < 1.29 is 14.4 Å². The maximum Gasteiger partial charge on any atom is 0.225 e. The Bertz CT molecular complexity index is 632. The van der Waals surface area contributed by atoms with Crippen LogP contribution in [0.3, 0.4) is 0 Å². The Kier molecular flexibility index (Phi) is 5.19. The second-order valence-corrected chi connectivity index (χ2v) is 6.85. The Morgan fingerprint density at radius 2 is 1.50 bits per heavy atom. The van der Waals surface area contributed by atoms with E-state index < -0.39 is 0 Å². The van der Waals surface area contributed by atoms with Gasteiger partial charge in [0.05, 0.1) is 0 Å². The van der Waals surface area contributed by atoms with Gasteiger partial charge in [0.25, 0.3) is 0 Å². The molecular formula is C18H21ClN2O3. The summed E-state index contributed by atoms with van der Waals surface area (Å²) in [6.07, 6.45) is 2.41. The molecule has 1 aliphatic carbocycles. The first-order chi connectivity index (χ1) is 11.5. The summed E-state index contributed by atoms with van der Waals surface area (Å²) in [6, 6.07) is 6.70. The quantitative estimate of drug-likeness (QED) is 0.768. The number of amides is 2. The third-order valence-corrected chi connectivity index (χ3v) is 4.85. The number of hydrogen-bond acceptors (Lipinski definition) is 3. The van der Waals surface area contributed by atoms with Crippen LogP contribution in [0.25, 0.3) is 0 Å². The lowest BCUT2D eigenvalue weighted by atomic mass is 10.1. The van der Waals surface area contributed by atoms with Crippen LogP contribution in [0.2, 0.25) is 5.02 Å². The zero-order valence-corrected chi connectivity index (χ0v) is 14.3. The van der Waals surface area contributed by atoms with Crippen molar-refractivity contribution in [3.63, 3.8) is 0 Å². The molecule has 1 aromatic rings. The number of benzene rings is 1. The van der Waals surface area contributed by atoms with Crippen molar-refractivity contribution in [2.24, 2.45) is 5.92 Å². The van der Waals surface area contributed by atoms with Gasteiger partial charge in [-0.05, 0) is 37.1 Å². The third kappa shape index (κ3) is 4.15. The first-order valence-corrected chi connectivity index (χ1v) is 8.78. The molecule has 1 aromatic carbocycles. The molecule has 2 fully saturated rings. The number of rotatable bonds is 5.